The Kier molecular flexibility index (Phi) is 5.15. The maximum absolute atomic E-state index is 12.1. The van der Waals surface area contributed by atoms with Gasteiger partial charge in [-0.05, 0) is 37.8 Å². The number of piperidine rings is 1. The van der Waals surface area contributed by atoms with Crippen LogP contribution >= 0.6 is 0 Å². The number of rotatable bonds is 4. The van der Waals surface area contributed by atoms with Crippen molar-refractivity contribution in [3.63, 3.8) is 0 Å². The largest absolute Gasteiger partial charge is 0.368 e. The van der Waals surface area contributed by atoms with Gasteiger partial charge in [-0.25, -0.2) is 0 Å². The molecule has 0 bridgehead atoms. The lowest BCUT2D eigenvalue weighted by atomic mass is 10.1. The van der Waals surface area contributed by atoms with E-state index in [1.807, 2.05) is 0 Å². The number of imide groups is 1. The van der Waals surface area contributed by atoms with Crippen LogP contribution in [0.15, 0.2) is 18.2 Å². The molecule has 0 aliphatic carbocycles. The predicted molar refractivity (Wildman–Crippen MR) is 93.7 cm³/mol. The van der Waals surface area contributed by atoms with Crippen molar-refractivity contribution < 1.29 is 19.3 Å². The Morgan fingerprint density at radius 2 is 1.85 bits per heavy atom. The molecule has 138 valence electrons. The first-order chi connectivity index (χ1) is 12.5. The van der Waals surface area contributed by atoms with E-state index in [2.05, 4.69) is 10.6 Å². The fourth-order valence-electron chi connectivity index (χ4n) is 3.24. The molecule has 1 aromatic rings. The summed E-state index contributed by atoms with van der Waals surface area (Å²) in [6, 6.07) is 3.59. The normalized spacial score (nSPS) is 21.2. The lowest BCUT2D eigenvalue weighted by Crippen LogP contribution is -2.40. The number of nitrogens with zero attached hydrogens (tertiary/aromatic N) is 2. The molecule has 2 heterocycles. The van der Waals surface area contributed by atoms with Crippen LogP contribution < -0.4 is 15.5 Å². The summed E-state index contributed by atoms with van der Waals surface area (Å²) in [7, 11) is 0. The van der Waals surface area contributed by atoms with Crippen LogP contribution in [0.2, 0.25) is 0 Å². The Morgan fingerprint density at radius 3 is 2.54 bits per heavy atom. The van der Waals surface area contributed by atoms with Crippen LogP contribution in [-0.4, -0.2) is 35.2 Å². The van der Waals surface area contributed by atoms with E-state index in [-0.39, 0.29) is 47.6 Å². The minimum absolute atomic E-state index is 0.183. The fourth-order valence-corrected chi connectivity index (χ4v) is 3.24. The maximum Gasteiger partial charge on any atom is 0.294 e. The molecular formula is C17H20N4O5. The summed E-state index contributed by atoms with van der Waals surface area (Å²) >= 11 is 0. The van der Waals surface area contributed by atoms with E-state index >= 15 is 0 Å². The van der Waals surface area contributed by atoms with Crippen LogP contribution in [0, 0.1) is 10.1 Å². The molecule has 0 aromatic heterocycles. The molecule has 3 rings (SSSR count). The highest BCUT2D eigenvalue weighted by Gasteiger charge is 2.30. The Balaban J connectivity index is 1.89. The van der Waals surface area contributed by atoms with Gasteiger partial charge in [0.05, 0.1) is 10.6 Å². The molecule has 3 amide bonds. The van der Waals surface area contributed by atoms with Crippen molar-refractivity contribution in [3.05, 3.63) is 28.3 Å². The summed E-state index contributed by atoms with van der Waals surface area (Å²) in [6.45, 7) is 0.594. The van der Waals surface area contributed by atoms with Gasteiger partial charge in [0, 0.05) is 25.5 Å². The smallest absolute Gasteiger partial charge is 0.294 e. The second-order valence-electron chi connectivity index (χ2n) is 6.42. The summed E-state index contributed by atoms with van der Waals surface area (Å²) in [5.41, 5.74) is 0.102. The number of nitrogens with one attached hydrogen (secondary N) is 2. The molecule has 9 heteroatoms. The summed E-state index contributed by atoms with van der Waals surface area (Å²) in [5, 5.41) is 17.2. The molecule has 0 spiro atoms. The van der Waals surface area contributed by atoms with Crippen LogP contribution in [0.4, 0.5) is 17.1 Å². The number of carbonyl (C=O) groups is 3. The standard InChI is InChI=1S/C17H20N4O5/c22-15-5-3-6-16(23)20(15)11-7-8-12(14(10-11)21(25)26)19-13-4-1-2-9-18-17(13)24/h7-8,10,13,19H,1-6,9H2,(H,18,24). The second kappa shape index (κ2) is 7.51. The Bertz CT molecular complexity index is 748. The Labute approximate surface area is 149 Å². The lowest BCUT2D eigenvalue weighted by Gasteiger charge is -2.25. The third-order valence-corrected chi connectivity index (χ3v) is 4.58. The van der Waals surface area contributed by atoms with E-state index in [0.29, 0.717) is 19.4 Å². The van der Waals surface area contributed by atoms with Crippen molar-refractivity contribution >= 4 is 34.8 Å². The summed E-state index contributed by atoms with van der Waals surface area (Å²) in [4.78, 5) is 48.0. The van der Waals surface area contributed by atoms with Gasteiger partial charge in [0.15, 0.2) is 0 Å². The molecule has 2 aliphatic heterocycles. The van der Waals surface area contributed by atoms with Crippen molar-refractivity contribution in [3.8, 4) is 0 Å². The predicted octanol–water partition coefficient (Wildman–Crippen LogP) is 1.72. The van der Waals surface area contributed by atoms with E-state index in [0.717, 1.165) is 17.7 Å². The average molecular weight is 360 g/mol. The highest BCUT2D eigenvalue weighted by Crippen LogP contribution is 2.32. The van der Waals surface area contributed by atoms with Gasteiger partial charge in [0.1, 0.15) is 11.7 Å². The van der Waals surface area contributed by atoms with Crippen LogP contribution in [-0.2, 0) is 14.4 Å². The van der Waals surface area contributed by atoms with Gasteiger partial charge in [0.25, 0.3) is 5.69 Å². The quantitative estimate of drug-likeness (QED) is 0.479. The van der Waals surface area contributed by atoms with Gasteiger partial charge in [-0.2, -0.15) is 0 Å². The summed E-state index contributed by atoms with van der Waals surface area (Å²) < 4.78 is 0. The average Bonchev–Trinajstić information content (AvgIpc) is 2.80. The van der Waals surface area contributed by atoms with Crippen LogP contribution in [0.1, 0.15) is 38.5 Å². The van der Waals surface area contributed by atoms with Crippen LogP contribution in [0.25, 0.3) is 0 Å². The van der Waals surface area contributed by atoms with E-state index in [9.17, 15) is 24.5 Å². The third-order valence-electron chi connectivity index (χ3n) is 4.58. The van der Waals surface area contributed by atoms with Crippen molar-refractivity contribution in [1.29, 1.82) is 0 Å². The number of amides is 3. The summed E-state index contributed by atoms with van der Waals surface area (Å²) in [6.07, 6.45) is 3.24. The van der Waals surface area contributed by atoms with Gasteiger partial charge < -0.3 is 10.6 Å². The number of nitro benzene ring substituents is 1. The number of hydrogen-bond acceptors (Lipinski definition) is 6. The topological polar surface area (TPSA) is 122 Å². The van der Waals surface area contributed by atoms with Crippen LogP contribution in [0.3, 0.4) is 0 Å². The minimum atomic E-state index is -0.584. The van der Waals surface area contributed by atoms with Crippen molar-refractivity contribution in [1.82, 2.24) is 5.32 Å². The fraction of sp³-hybridized carbons (Fsp3) is 0.471. The number of carbonyl (C=O) groups excluding carboxylic acids is 3. The van der Waals surface area contributed by atoms with E-state index in [1.54, 1.807) is 0 Å². The first kappa shape index (κ1) is 17.8. The SMILES string of the molecule is O=C1NCCCCC1Nc1ccc(N2C(=O)CCCC2=O)cc1[N+](=O)[O-]. The van der Waals surface area contributed by atoms with Gasteiger partial charge in [-0.3, -0.25) is 29.4 Å². The molecule has 26 heavy (non-hydrogen) atoms. The zero-order valence-electron chi connectivity index (χ0n) is 14.2. The van der Waals surface area contributed by atoms with E-state index < -0.39 is 11.0 Å². The highest BCUT2D eigenvalue weighted by molar-refractivity contribution is 6.16. The summed E-state index contributed by atoms with van der Waals surface area (Å²) in [5.74, 6) is -0.916. The van der Waals surface area contributed by atoms with Crippen molar-refractivity contribution in [2.75, 3.05) is 16.8 Å². The lowest BCUT2D eigenvalue weighted by molar-refractivity contribution is -0.383. The molecule has 2 saturated heterocycles. The molecule has 1 atom stereocenters. The molecule has 0 saturated carbocycles. The number of nitro groups is 1. The van der Waals surface area contributed by atoms with E-state index in [1.165, 1.54) is 18.2 Å². The molecule has 0 radical (unpaired) electrons. The molecule has 2 aliphatic rings. The minimum Gasteiger partial charge on any atom is -0.368 e. The zero-order valence-corrected chi connectivity index (χ0v) is 14.2. The first-order valence-corrected chi connectivity index (χ1v) is 8.66. The van der Waals surface area contributed by atoms with Crippen molar-refractivity contribution in [2.24, 2.45) is 0 Å². The van der Waals surface area contributed by atoms with E-state index in [4.69, 9.17) is 0 Å². The van der Waals surface area contributed by atoms with Gasteiger partial charge in [0.2, 0.25) is 17.7 Å². The molecular weight excluding hydrogens is 340 g/mol. The van der Waals surface area contributed by atoms with Crippen molar-refractivity contribution in [2.45, 2.75) is 44.6 Å². The Hall–Kier alpha value is -2.97. The van der Waals surface area contributed by atoms with Gasteiger partial charge in [-0.15, -0.1) is 0 Å². The maximum atomic E-state index is 12.1. The third kappa shape index (κ3) is 3.66. The Morgan fingerprint density at radius 1 is 1.12 bits per heavy atom. The van der Waals surface area contributed by atoms with Gasteiger partial charge >= 0.3 is 0 Å². The molecule has 2 fully saturated rings. The van der Waals surface area contributed by atoms with Crippen LogP contribution in [0.5, 0.6) is 0 Å². The first-order valence-electron chi connectivity index (χ1n) is 8.66. The number of benzene rings is 1. The second-order valence-corrected chi connectivity index (χ2v) is 6.42. The number of anilines is 2. The monoisotopic (exact) mass is 360 g/mol. The molecule has 9 nitrogen and oxygen atoms in total. The number of hydrogen-bond donors (Lipinski definition) is 2. The molecule has 2 N–H and O–H groups in total. The highest BCUT2D eigenvalue weighted by atomic mass is 16.6. The molecule has 1 unspecified atom stereocenters. The van der Waals surface area contributed by atoms with Gasteiger partial charge in [-0.1, -0.05) is 0 Å². The zero-order chi connectivity index (χ0) is 18.7. The molecule has 1 aromatic carbocycles.